The van der Waals surface area contributed by atoms with Gasteiger partial charge in [-0.2, -0.15) is 0 Å². The Labute approximate surface area is 55.6 Å². The van der Waals surface area contributed by atoms with Gasteiger partial charge in [-0.25, -0.2) is 0 Å². The molecule has 0 aromatic rings. The van der Waals surface area contributed by atoms with Gasteiger partial charge in [-0.1, -0.05) is 0 Å². The van der Waals surface area contributed by atoms with Crippen LogP contribution in [-0.4, -0.2) is 18.9 Å². The van der Waals surface area contributed by atoms with E-state index in [1.807, 2.05) is 0 Å². The van der Waals surface area contributed by atoms with Crippen LogP contribution >= 0.6 is 0 Å². The van der Waals surface area contributed by atoms with E-state index in [1.54, 1.807) is 0 Å². The van der Waals surface area contributed by atoms with Crippen LogP contribution in [0.1, 0.15) is 25.7 Å². The van der Waals surface area contributed by atoms with Gasteiger partial charge >= 0.3 is 0 Å². The van der Waals surface area contributed by atoms with Gasteiger partial charge in [-0.15, -0.1) is 0 Å². The molecule has 0 saturated heterocycles. The standard InChI is InChI=1S/C7H13NO/c9-6-2-1-5-8-7-3-4-7/h6-8H,1-5H2. The summed E-state index contributed by atoms with van der Waals surface area (Å²) in [6, 6.07) is 0.789. The molecule has 0 bridgehead atoms. The van der Waals surface area contributed by atoms with Crippen LogP contribution in [0.5, 0.6) is 0 Å². The van der Waals surface area contributed by atoms with E-state index in [9.17, 15) is 4.79 Å². The number of aldehydes is 1. The highest BCUT2D eigenvalue weighted by Gasteiger charge is 2.19. The minimum atomic E-state index is 0.708. The molecule has 0 radical (unpaired) electrons. The van der Waals surface area contributed by atoms with Crippen molar-refractivity contribution >= 4 is 6.29 Å². The first-order valence-electron chi connectivity index (χ1n) is 3.60. The lowest BCUT2D eigenvalue weighted by Crippen LogP contribution is -2.17. The lowest BCUT2D eigenvalue weighted by molar-refractivity contribution is -0.107. The fourth-order valence-corrected chi connectivity index (χ4v) is 0.779. The Morgan fingerprint density at radius 3 is 2.89 bits per heavy atom. The summed E-state index contributed by atoms with van der Waals surface area (Å²) in [4.78, 5) is 9.84. The van der Waals surface area contributed by atoms with Crippen molar-refractivity contribution in [2.75, 3.05) is 6.54 Å². The molecule has 9 heavy (non-hydrogen) atoms. The van der Waals surface area contributed by atoms with Gasteiger partial charge in [0.05, 0.1) is 0 Å². The molecule has 0 aromatic carbocycles. The fraction of sp³-hybridized carbons (Fsp3) is 0.857. The van der Waals surface area contributed by atoms with Gasteiger partial charge in [0.25, 0.3) is 0 Å². The second-order valence-electron chi connectivity index (χ2n) is 2.54. The monoisotopic (exact) mass is 127 g/mol. The third kappa shape index (κ3) is 3.25. The summed E-state index contributed by atoms with van der Waals surface area (Å²) in [5, 5.41) is 3.33. The van der Waals surface area contributed by atoms with E-state index in [0.29, 0.717) is 6.42 Å². The maximum atomic E-state index is 9.84. The minimum absolute atomic E-state index is 0.708. The van der Waals surface area contributed by atoms with Gasteiger partial charge in [-0.3, -0.25) is 0 Å². The van der Waals surface area contributed by atoms with E-state index in [2.05, 4.69) is 5.32 Å². The predicted molar refractivity (Wildman–Crippen MR) is 36.3 cm³/mol. The SMILES string of the molecule is O=CCCCNC1CC1. The van der Waals surface area contributed by atoms with Crippen molar-refractivity contribution in [2.45, 2.75) is 31.7 Å². The largest absolute Gasteiger partial charge is 0.314 e. The molecule has 1 N–H and O–H groups in total. The number of hydrogen-bond acceptors (Lipinski definition) is 2. The molecule has 0 amide bonds. The molecule has 1 aliphatic carbocycles. The molecule has 0 aromatic heterocycles. The summed E-state index contributed by atoms with van der Waals surface area (Å²) < 4.78 is 0. The molecule has 2 nitrogen and oxygen atoms in total. The first-order valence-corrected chi connectivity index (χ1v) is 3.60. The zero-order valence-electron chi connectivity index (χ0n) is 5.60. The van der Waals surface area contributed by atoms with Crippen LogP contribution < -0.4 is 5.32 Å². The summed E-state index contributed by atoms with van der Waals surface area (Å²) in [6.07, 6.45) is 5.36. The Balaban J connectivity index is 1.75. The van der Waals surface area contributed by atoms with E-state index >= 15 is 0 Å². The summed E-state index contributed by atoms with van der Waals surface area (Å²) in [6.45, 7) is 1.02. The topological polar surface area (TPSA) is 29.1 Å². The van der Waals surface area contributed by atoms with Gasteiger partial charge in [0.15, 0.2) is 0 Å². The van der Waals surface area contributed by atoms with Gasteiger partial charge in [0, 0.05) is 12.5 Å². The van der Waals surface area contributed by atoms with Crippen molar-refractivity contribution in [3.8, 4) is 0 Å². The lowest BCUT2D eigenvalue weighted by Gasteiger charge is -1.96. The summed E-state index contributed by atoms with van der Waals surface area (Å²) in [7, 11) is 0. The predicted octanol–water partition coefficient (Wildman–Crippen LogP) is 0.718. The number of nitrogens with one attached hydrogen (secondary N) is 1. The number of rotatable bonds is 5. The van der Waals surface area contributed by atoms with E-state index in [4.69, 9.17) is 0 Å². The lowest BCUT2D eigenvalue weighted by atomic mass is 10.3. The van der Waals surface area contributed by atoms with Gasteiger partial charge in [0.2, 0.25) is 0 Å². The van der Waals surface area contributed by atoms with Crippen LogP contribution in [0.2, 0.25) is 0 Å². The first-order chi connectivity index (χ1) is 4.43. The number of unbranched alkanes of at least 4 members (excludes halogenated alkanes) is 1. The Kier molecular flexibility index (Phi) is 2.71. The normalized spacial score (nSPS) is 17.8. The Morgan fingerprint density at radius 1 is 1.56 bits per heavy atom. The third-order valence-electron chi connectivity index (χ3n) is 1.51. The molecule has 0 unspecified atom stereocenters. The van der Waals surface area contributed by atoms with Crippen LogP contribution in [-0.2, 0) is 4.79 Å². The summed E-state index contributed by atoms with van der Waals surface area (Å²) in [5.41, 5.74) is 0. The van der Waals surface area contributed by atoms with Crippen LogP contribution in [0.4, 0.5) is 0 Å². The Hall–Kier alpha value is -0.370. The van der Waals surface area contributed by atoms with Crippen LogP contribution in [0.3, 0.4) is 0 Å². The van der Waals surface area contributed by atoms with E-state index in [0.717, 1.165) is 25.3 Å². The first kappa shape index (κ1) is 6.75. The zero-order chi connectivity index (χ0) is 6.53. The van der Waals surface area contributed by atoms with Gasteiger partial charge < -0.3 is 10.1 Å². The second-order valence-corrected chi connectivity index (χ2v) is 2.54. The van der Waals surface area contributed by atoms with E-state index in [-0.39, 0.29) is 0 Å². The molecule has 1 fully saturated rings. The van der Waals surface area contributed by atoms with Crippen molar-refractivity contribution < 1.29 is 4.79 Å². The molecular weight excluding hydrogens is 114 g/mol. The maximum Gasteiger partial charge on any atom is 0.120 e. The molecular formula is C7H13NO. The molecule has 52 valence electrons. The average molecular weight is 127 g/mol. The van der Waals surface area contributed by atoms with Crippen LogP contribution in [0.15, 0.2) is 0 Å². The Bertz CT molecular complexity index is 88.9. The molecule has 0 heterocycles. The van der Waals surface area contributed by atoms with Crippen LogP contribution in [0, 0.1) is 0 Å². The molecule has 1 rings (SSSR count). The maximum absolute atomic E-state index is 9.84. The van der Waals surface area contributed by atoms with E-state index < -0.39 is 0 Å². The Morgan fingerprint density at radius 2 is 2.33 bits per heavy atom. The van der Waals surface area contributed by atoms with Gasteiger partial charge in [-0.05, 0) is 25.8 Å². The molecule has 2 heteroatoms. The van der Waals surface area contributed by atoms with Crippen molar-refractivity contribution in [3.63, 3.8) is 0 Å². The third-order valence-corrected chi connectivity index (χ3v) is 1.51. The molecule has 1 aliphatic rings. The number of carbonyl (C=O) groups excluding carboxylic acids is 1. The van der Waals surface area contributed by atoms with Crippen molar-refractivity contribution in [1.29, 1.82) is 0 Å². The number of carbonyl (C=O) groups is 1. The van der Waals surface area contributed by atoms with E-state index in [1.165, 1.54) is 12.8 Å². The fourth-order valence-electron chi connectivity index (χ4n) is 0.779. The average Bonchev–Trinajstić information content (AvgIpc) is 2.63. The molecule has 1 saturated carbocycles. The van der Waals surface area contributed by atoms with Crippen molar-refractivity contribution in [2.24, 2.45) is 0 Å². The zero-order valence-corrected chi connectivity index (χ0v) is 5.60. The molecule has 0 spiro atoms. The molecule has 0 atom stereocenters. The van der Waals surface area contributed by atoms with Crippen molar-refractivity contribution in [3.05, 3.63) is 0 Å². The summed E-state index contributed by atoms with van der Waals surface area (Å²) >= 11 is 0. The number of hydrogen-bond donors (Lipinski definition) is 1. The summed E-state index contributed by atoms with van der Waals surface area (Å²) in [5.74, 6) is 0. The highest BCUT2D eigenvalue weighted by atomic mass is 16.1. The molecule has 0 aliphatic heterocycles. The highest BCUT2D eigenvalue weighted by molar-refractivity contribution is 5.48. The van der Waals surface area contributed by atoms with Gasteiger partial charge in [0.1, 0.15) is 6.29 Å². The van der Waals surface area contributed by atoms with Crippen LogP contribution in [0.25, 0.3) is 0 Å². The quantitative estimate of drug-likeness (QED) is 0.435. The minimum Gasteiger partial charge on any atom is -0.314 e. The second kappa shape index (κ2) is 3.62. The smallest absolute Gasteiger partial charge is 0.120 e. The van der Waals surface area contributed by atoms with Crippen molar-refractivity contribution in [1.82, 2.24) is 5.32 Å². The highest BCUT2D eigenvalue weighted by Crippen LogP contribution is 2.18.